The molecule has 0 atom stereocenters. The van der Waals surface area contributed by atoms with E-state index in [0.717, 1.165) is 6.07 Å². The normalized spacial score (nSPS) is 9.79. The van der Waals surface area contributed by atoms with Crippen LogP contribution < -0.4 is 5.11 Å². The Labute approximate surface area is 100 Å². The van der Waals surface area contributed by atoms with Gasteiger partial charge in [-0.25, -0.2) is 9.37 Å². The van der Waals surface area contributed by atoms with Crippen molar-refractivity contribution < 1.29 is 18.7 Å². The van der Waals surface area contributed by atoms with Crippen LogP contribution in [-0.4, -0.2) is 40.5 Å². The van der Waals surface area contributed by atoms with Gasteiger partial charge in [-0.05, 0) is 12.1 Å². The van der Waals surface area contributed by atoms with Gasteiger partial charge >= 0.3 is 0 Å². The number of fused-ring (bicyclic) bond motifs is 1. The first kappa shape index (κ1) is 11.2. The summed E-state index contributed by atoms with van der Waals surface area (Å²) in [5, 5.41) is 10.3. The molecule has 2 aromatic rings. The number of benzene rings is 1. The van der Waals surface area contributed by atoms with Crippen molar-refractivity contribution in [1.29, 1.82) is 0 Å². The van der Waals surface area contributed by atoms with Gasteiger partial charge in [-0.2, -0.15) is 0 Å². The number of aromatic nitrogens is 1. The van der Waals surface area contributed by atoms with Gasteiger partial charge in [0, 0.05) is 35.6 Å². The van der Waals surface area contributed by atoms with E-state index in [4.69, 9.17) is 4.42 Å². The Bertz CT molecular complexity index is 482. The average Bonchev–Trinajstić information content (AvgIpc) is 2.46. The maximum absolute atomic E-state index is 12.6. The molecule has 0 N–H and O–H groups in total. The van der Waals surface area contributed by atoms with Gasteiger partial charge in [-0.15, -0.1) is 0 Å². The maximum atomic E-state index is 12.6. The van der Waals surface area contributed by atoms with E-state index >= 15 is 0 Å². The molecule has 4 nitrogen and oxygen atoms in total. The van der Waals surface area contributed by atoms with Crippen LogP contribution >= 0.6 is 0 Å². The summed E-state index contributed by atoms with van der Waals surface area (Å²) in [5.41, 5.74) is 0.389. The van der Waals surface area contributed by atoms with E-state index in [1.807, 2.05) is 0 Å². The second kappa shape index (κ2) is 4.08. The summed E-state index contributed by atoms with van der Waals surface area (Å²) in [6.07, 6.45) is 0. The smallest absolute Gasteiger partial charge is 0.243 e. The quantitative estimate of drug-likeness (QED) is 0.609. The molecule has 14 heavy (non-hydrogen) atoms. The third-order valence-corrected chi connectivity index (χ3v) is 1.53. The summed E-state index contributed by atoms with van der Waals surface area (Å²) in [6.45, 7) is 0. The molecule has 1 radical (unpaired) electrons. The van der Waals surface area contributed by atoms with E-state index < -0.39 is 17.7 Å². The number of rotatable bonds is 1. The van der Waals surface area contributed by atoms with E-state index in [1.165, 1.54) is 12.1 Å². The number of carbonyl (C=O) groups excluding carboxylic acids is 1. The summed E-state index contributed by atoms with van der Waals surface area (Å²) in [6, 6.07) is 3.57. The first-order chi connectivity index (χ1) is 6.16. The molecule has 67 valence electrons. The molecule has 0 fully saturated rings. The Hall–Kier alpha value is -0.910. The van der Waals surface area contributed by atoms with E-state index in [9.17, 15) is 14.3 Å². The fourth-order valence-corrected chi connectivity index (χ4v) is 0.986. The summed E-state index contributed by atoms with van der Waals surface area (Å²) in [4.78, 5) is 13.9. The van der Waals surface area contributed by atoms with Gasteiger partial charge in [-0.3, -0.25) is 0 Å². The third-order valence-electron chi connectivity index (χ3n) is 1.53. The van der Waals surface area contributed by atoms with Crippen molar-refractivity contribution >= 4 is 46.6 Å². The monoisotopic (exact) mass is 203 g/mol. The summed E-state index contributed by atoms with van der Waals surface area (Å²) >= 11 is 0. The van der Waals surface area contributed by atoms with Crippen molar-refractivity contribution in [3.63, 3.8) is 0 Å². The second-order valence-electron chi connectivity index (χ2n) is 2.42. The molecular formula is C8H3FNNaO3-. The Morgan fingerprint density at radius 1 is 1.50 bits per heavy atom. The van der Waals surface area contributed by atoms with Crippen LogP contribution in [0.4, 0.5) is 4.39 Å². The summed E-state index contributed by atoms with van der Waals surface area (Å²) in [5.74, 6) is -2.56. The molecule has 0 aliphatic carbocycles. The number of hydrogen-bond acceptors (Lipinski definition) is 4. The van der Waals surface area contributed by atoms with Crippen LogP contribution in [0.1, 0.15) is 10.7 Å². The van der Waals surface area contributed by atoms with Gasteiger partial charge in [-0.1, -0.05) is 0 Å². The fraction of sp³-hybridized carbons (Fsp3) is 0. The van der Waals surface area contributed by atoms with Crippen LogP contribution in [0.2, 0.25) is 0 Å². The second-order valence-corrected chi connectivity index (χ2v) is 2.42. The van der Waals surface area contributed by atoms with Crippen molar-refractivity contribution in [2.45, 2.75) is 0 Å². The fourth-order valence-electron chi connectivity index (χ4n) is 0.986. The average molecular weight is 203 g/mol. The number of hydrogen-bond donors (Lipinski definition) is 0. The zero-order valence-electron chi connectivity index (χ0n) is 7.28. The first-order valence-corrected chi connectivity index (χ1v) is 3.44. The minimum atomic E-state index is -1.52. The summed E-state index contributed by atoms with van der Waals surface area (Å²) < 4.78 is 17.3. The number of halogens is 1. The summed E-state index contributed by atoms with van der Waals surface area (Å²) in [7, 11) is 0. The molecule has 0 saturated carbocycles. The number of carboxylic acids is 1. The van der Waals surface area contributed by atoms with Gasteiger partial charge in [0.05, 0.1) is 0 Å². The Kier molecular flexibility index (Phi) is 3.25. The van der Waals surface area contributed by atoms with Gasteiger partial charge < -0.3 is 14.3 Å². The Morgan fingerprint density at radius 2 is 2.21 bits per heavy atom. The molecule has 0 saturated heterocycles. The van der Waals surface area contributed by atoms with Crippen LogP contribution in [-0.2, 0) is 0 Å². The molecule has 0 unspecified atom stereocenters. The molecule has 1 aromatic carbocycles. The van der Waals surface area contributed by atoms with E-state index in [-0.39, 0.29) is 35.1 Å². The van der Waals surface area contributed by atoms with Gasteiger partial charge in [0.1, 0.15) is 17.3 Å². The van der Waals surface area contributed by atoms with Gasteiger partial charge in [0.2, 0.25) is 5.89 Å². The van der Waals surface area contributed by atoms with E-state index in [0.29, 0.717) is 5.52 Å². The van der Waals surface area contributed by atoms with Crippen molar-refractivity contribution in [2.75, 3.05) is 0 Å². The molecule has 6 heteroatoms. The van der Waals surface area contributed by atoms with Crippen molar-refractivity contribution in [3.05, 3.63) is 29.9 Å². The molecule has 0 aliphatic heterocycles. The van der Waals surface area contributed by atoms with E-state index in [1.54, 1.807) is 0 Å². The third kappa shape index (κ3) is 1.95. The minimum absolute atomic E-state index is 0. The largest absolute Gasteiger partial charge is 0.540 e. The first-order valence-electron chi connectivity index (χ1n) is 3.44. The van der Waals surface area contributed by atoms with Crippen LogP contribution in [0.5, 0.6) is 0 Å². The van der Waals surface area contributed by atoms with Gasteiger partial charge in [0.15, 0.2) is 5.58 Å². The zero-order valence-corrected chi connectivity index (χ0v) is 9.28. The van der Waals surface area contributed by atoms with Crippen LogP contribution in [0.25, 0.3) is 11.1 Å². The minimum Gasteiger partial charge on any atom is -0.540 e. The predicted molar refractivity (Wildman–Crippen MR) is 44.1 cm³/mol. The molecule has 1 aromatic heterocycles. The molecule has 0 bridgehead atoms. The number of aromatic carboxylic acids is 1. The Balaban J connectivity index is 0.000000980. The van der Waals surface area contributed by atoms with Crippen molar-refractivity contribution in [1.82, 2.24) is 4.98 Å². The standard InChI is InChI=1S/C8H4FNO3.Na/c9-4-1-2-5-6(3-4)13-7(10-5)8(11)12;/h1-3H,(H,11,12);/p-1. The Morgan fingerprint density at radius 3 is 2.86 bits per heavy atom. The van der Waals surface area contributed by atoms with E-state index in [2.05, 4.69) is 4.98 Å². The molecule has 1 heterocycles. The number of carboxylic acid groups (broad SMARTS) is 1. The predicted octanol–water partition coefficient (Wildman–Crippen LogP) is -0.0504. The maximum Gasteiger partial charge on any atom is 0.243 e. The molecule has 0 spiro atoms. The van der Waals surface area contributed by atoms with Crippen LogP contribution in [0, 0.1) is 5.82 Å². The molecular weight excluding hydrogens is 200 g/mol. The van der Waals surface area contributed by atoms with Crippen LogP contribution in [0.3, 0.4) is 0 Å². The molecule has 2 rings (SSSR count). The zero-order chi connectivity index (χ0) is 9.42. The van der Waals surface area contributed by atoms with Crippen LogP contribution in [0.15, 0.2) is 22.6 Å². The number of nitrogens with zero attached hydrogens (tertiary/aromatic N) is 1. The van der Waals surface area contributed by atoms with Crippen molar-refractivity contribution in [2.24, 2.45) is 0 Å². The number of oxazole rings is 1. The molecule has 0 aliphatic rings. The van der Waals surface area contributed by atoms with Crippen molar-refractivity contribution in [3.8, 4) is 0 Å². The topological polar surface area (TPSA) is 66.2 Å². The SMILES string of the molecule is O=C([O-])c1nc2ccc(F)cc2o1.[Na]. The van der Waals surface area contributed by atoms with Gasteiger partial charge in [0.25, 0.3) is 0 Å². The molecule has 0 amide bonds. The number of carbonyl (C=O) groups is 1.